The molecule has 2 N–H and O–H groups in total. The summed E-state index contributed by atoms with van der Waals surface area (Å²) in [5, 5.41) is 17.0. The molecule has 0 aliphatic carbocycles. The standard InChI is InChI=1S/C34H41F3N6O4S/c1-23(25-7-6-8-27(29(25)35)34(36,37)20-24-9-13-39-14-10-24)42-30-26-19-28(33(21-38)11-17-48(46,47)18-12-33)32(45)43(31(26)41-22-40-30)15-4-2-3-5-16-44/h6-8,16,19,22-24,39H,2-5,9-15,17-18,20H2,1H3,(H,40,41,42). The summed E-state index contributed by atoms with van der Waals surface area (Å²) in [6, 6.07) is 6.88. The molecule has 48 heavy (non-hydrogen) atoms. The van der Waals surface area contributed by atoms with Crippen LogP contribution < -0.4 is 16.2 Å². The van der Waals surface area contributed by atoms with Gasteiger partial charge in [0.15, 0.2) is 0 Å². The molecule has 258 valence electrons. The first-order valence-corrected chi connectivity index (χ1v) is 18.3. The van der Waals surface area contributed by atoms with Crippen molar-refractivity contribution in [3.63, 3.8) is 0 Å². The maximum Gasteiger partial charge on any atom is 0.276 e. The van der Waals surface area contributed by atoms with Crippen molar-refractivity contribution in [2.45, 2.75) is 88.6 Å². The van der Waals surface area contributed by atoms with Crippen molar-refractivity contribution in [2.75, 3.05) is 29.9 Å². The fraction of sp³-hybridized carbons (Fsp3) is 0.559. The predicted octanol–water partition coefficient (Wildman–Crippen LogP) is 5.31. The monoisotopic (exact) mass is 686 g/mol. The molecule has 2 saturated heterocycles. The van der Waals surface area contributed by atoms with E-state index >= 15 is 13.2 Å². The molecule has 1 unspecified atom stereocenters. The van der Waals surface area contributed by atoms with Gasteiger partial charge in [-0.1, -0.05) is 24.6 Å². The Labute approximate surface area is 278 Å². The number of nitriles is 1. The minimum absolute atomic E-state index is 0.0129. The molecule has 0 amide bonds. The van der Waals surface area contributed by atoms with Crippen LogP contribution in [0.5, 0.6) is 0 Å². The number of sulfone groups is 1. The molecule has 10 nitrogen and oxygen atoms in total. The van der Waals surface area contributed by atoms with E-state index < -0.39 is 50.6 Å². The molecule has 3 aromatic rings. The van der Waals surface area contributed by atoms with Gasteiger partial charge in [-0.3, -0.25) is 9.36 Å². The average molecular weight is 687 g/mol. The highest BCUT2D eigenvalue weighted by Crippen LogP contribution is 2.41. The maximum absolute atomic E-state index is 15.9. The summed E-state index contributed by atoms with van der Waals surface area (Å²) >= 11 is 0. The lowest BCUT2D eigenvalue weighted by Crippen LogP contribution is -2.41. The number of alkyl halides is 2. The van der Waals surface area contributed by atoms with Gasteiger partial charge in [-0.05, 0) is 70.5 Å². The van der Waals surface area contributed by atoms with E-state index in [1.54, 1.807) is 6.92 Å². The Kier molecular flexibility index (Phi) is 10.9. The number of fused-ring (bicyclic) bond motifs is 1. The van der Waals surface area contributed by atoms with Crippen LogP contribution in [-0.4, -0.2) is 53.8 Å². The van der Waals surface area contributed by atoms with Gasteiger partial charge in [-0.25, -0.2) is 31.6 Å². The second-order valence-electron chi connectivity index (χ2n) is 13.0. The van der Waals surface area contributed by atoms with Crippen molar-refractivity contribution in [3.05, 3.63) is 63.5 Å². The van der Waals surface area contributed by atoms with Gasteiger partial charge in [0.1, 0.15) is 39.7 Å². The highest BCUT2D eigenvalue weighted by Gasteiger charge is 2.42. The Bertz CT molecular complexity index is 1840. The molecule has 5 rings (SSSR count). The minimum atomic E-state index is -3.36. The predicted molar refractivity (Wildman–Crippen MR) is 176 cm³/mol. The van der Waals surface area contributed by atoms with Gasteiger partial charge in [-0.2, -0.15) is 5.26 Å². The molecule has 14 heteroatoms. The smallest absolute Gasteiger partial charge is 0.276 e. The number of nitrogens with zero attached hydrogens (tertiary/aromatic N) is 4. The molecule has 2 aromatic heterocycles. The molecule has 4 heterocycles. The first-order chi connectivity index (χ1) is 22.9. The van der Waals surface area contributed by atoms with Crippen LogP contribution >= 0.6 is 0 Å². The number of carbonyl (C=O) groups excluding carboxylic acids is 1. The molecular formula is C34H41F3N6O4S. The van der Waals surface area contributed by atoms with Crippen molar-refractivity contribution in [3.8, 4) is 6.07 Å². The van der Waals surface area contributed by atoms with E-state index in [0.717, 1.165) is 12.4 Å². The highest BCUT2D eigenvalue weighted by atomic mass is 32.2. The third-order valence-electron chi connectivity index (χ3n) is 9.74. The van der Waals surface area contributed by atoms with E-state index in [2.05, 4.69) is 26.7 Å². The van der Waals surface area contributed by atoms with E-state index in [1.807, 2.05) is 0 Å². The Hall–Kier alpha value is -3.83. The van der Waals surface area contributed by atoms with Gasteiger partial charge in [0.05, 0.1) is 40.0 Å². The minimum Gasteiger partial charge on any atom is -0.363 e. The van der Waals surface area contributed by atoms with E-state index in [9.17, 15) is 23.3 Å². The summed E-state index contributed by atoms with van der Waals surface area (Å²) in [7, 11) is -3.36. The van der Waals surface area contributed by atoms with Crippen LogP contribution in [0.3, 0.4) is 0 Å². The number of aryl methyl sites for hydroxylation is 1. The number of nitrogens with one attached hydrogen (secondary N) is 2. The lowest BCUT2D eigenvalue weighted by Gasteiger charge is -2.31. The van der Waals surface area contributed by atoms with Gasteiger partial charge in [-0.15, -0.1) is 0 Å². The SMILES string of the molecule is CC(Nc1ncnc2c1cc(C1(C#N)CCS(=O)(=O)CC1)c(=O)n2CCCCCC=O)c1cccc(C(F)(F)CC2CCNCC2)c1F. The van der Waals surface area contributed by atoms with Crippen molar-refractivity contribution in [1.29, 1.82) is 5.26 Å². The number of aldehydes is 1. The first kappa shape index (κ1) is 35.5. The number of aromatic nitrogens is 3. The highest BCUT2D eigenvalue weighted by molar-refractivity contribution is 7.91. The van der Waals surface area contributed by atoms with E-state index in [4.69, 9.17) is 0 Å². The van der Waals surface area contributed by atoms with Crippen LogP contribution in [0, 0.1) is 23.1 Å². The third-order valence-corrected chi connectivity index (χ3v) is 11.4. The lowest BCUT2D eigenvalue weighted by molar-refractivity contribution is -0.107. The molecule has 1 atom stereocenters. The lowest BCUT2D eigenvalue weighted by atomic mass is 9.77. The summed E-state index contributed by atoms with van der Waals surface area (Å²) in [5.74, 6) is -4.87. The number of pyridine rings is 1. The largest absolute Gasteiger partial charge is 0.363 e. The number of rotatable bonds is 13. The zero-order valence-corrected chi connectivity index (χ0v) is 27.8. The first-order valence-electron chi connectivity index (χ1n) is 16.5. The van der Waals surface area contributed by atoms with Gasteiger partial charge >= 0.3 is 0 Å². The number of hydrogen-bond acceptors (Lipinski definition) is 9. The molecule has 0 bridgehead atoms. The van der Waals surface area contributed by atoms with Crippen LogP contribution in [0.1, 0.15) is 87.4 Å². The Morgan fingerprint density at radius 2 is 1.92 bits per heavy atom. The zero-order chi connectivity index (χ0) is 34.5. The van der Waals surface area contributed by atoms with Crippen molar-refractivity contribution >= 4 is 33.0 Å². The number of hydrogen-bond donors (Lipinski definition) is 2. The fourth-order valence-corrected chi connectivity index (χ4v) is 8.38. The topological polar surface area (TPSA) is 147 Å². The van der Waals surface area contributed by atoms with Crippen LogP contribution in [0.15, 0.2) is 35.4 Å². The average Bonchev–Trinajstić information content (AvgIpc) is 3.06. The van der Waals surface area contributed by atoms with Crippen LogP contribution in [0.25, 0.3) is 11.0 Å². The number of benzene rings is 1. The summed E-state index contributed by atoms with van der Waals surface area (Å²) in [5.41, 5.74) is -2.10. The Morgan fingerprint density at radius 1 is 1.19 bits per heavy atom. The van der Waals surface area contributed by atoms with Crippen molar-refractivity contribution in [2.24, 2.45) is 5.92 Å². The fourth-order valence-electron chi connectivity index (χ4n) is 6.86. The molecule has 1 aromatic carbocycles. The number of anilines is 1. The molecule has 2 aliphatic rings. The van der Waals surface area contributed by atoms with E-state index in [-0.39, 0.29) is 59.4 Å². The molecule has 2 aliphatic heterocycles. The van der Waals surface area contributed by atoms with Crippen molar-refractivity contribution in [1.82, 2.24) is 19.9 Å². The number of piperidine rings is 1. The second kappa shape index (κ2) is 14.7. The molecule has 0 saturated carbocycles. The van der Waals surface area contributed by atoms with E-state index in [0.29, 0.717) is 57.0 Å². The molecule has 0 spiro atoms. The van der Waals surface area contributed by atoms with Crippen LogP contribution in [0.2, 0.25) is 0 Å². The zero-order valence-electron chi connectivity index (χ0n) is 27.0. The summed E-state index contributed by atoms with van der Waals surface area (Å²) in [6.45, 7) is 3.15. The second-order valence-corrected chi connectivity index (χ2v) is 15.3. The summed E-state index contributed by atoms with van der Waals surface area (Å²) in [4.78, 5) is 33.5. The quantitative estimate of drug-likeness (QED) is 0.180. The summed E-state index contributed by atoms with van der Waals surface area (Å²) in [6.07, 6.45) is 4.94. The molecule has 2 fully saturated rings. The van der Waals surface area contributed by atoms with Gasteiger partial charge in [0.2, 0.25) is 0 Å². The number of halogens is 3. The Morgan fingerprint density at radius 3 is 2.60 bits per heavy atom. The summed E-state index contributed by atoms with van der Waals surface area (Å²) < 4.78 is 72.8. The van der Waals surface area contributed by atoms with Crippen LogP contribution in [-0.2, 0) is 32.5 Å². The van der Waals surface area contributed by atoms with Gasteiger partial charge in [0, 0.05) is 30.5 Å². The Balaban J connectivity index is 1.53. The van der Waals surface area contributed by atoms with E-state index in [1.165, 1.54) is 29.1 Å². The van der Waals surface area contributed by atoms with Gasteiger partial charge < -0.3 is 15.4 Å². The third kappa shape index (κ3) is 7.57. The maximum atomic E-state index is 15.9. The van der Waals surface area contributed by atoms with Gasteiger partial charge in [0.25, 0.3) is 11.5 Å². The number of unbranched alkanes of at least 4 members (excludes halogenated alkanes) is 3. The number of carbonyl (C=O) groups is 1. The van der Waals surface area contributed by atoms with Crippen molar-refractivity contribution < 1.29 is 26.4 Å². The van der Waals surface area contributed by atoms with Crippen LogP contribution in [0.4, 0.5) is 19.0 Å². The molecular weight excluding hydrogens is 645 g/mol. The molecule has 0 radical (unpaired) electrons. The normalized spacial score (nSPS) is 18.6.